The van der Waals surface area contributed by atoms with Crippen LogP contribution in [0.5, 0.6) is 0 Å². The van der Waals surface area contributed by atoms with E-state index in [1.165, 1.54) is 0 Å². The van der Waals surface area contributed by atoms with Crippen molar-refractivity contribution in [3.05, 3.63) is 11.8 Å². The van der Waals surface area contributed by atoms with Gasteiger partial charge in [0, 0.05) is 23.9 Å². The fraction of sp³-hybridized carbons (Fsp3) is 0.500. The largest absolute Gasteiger partial charge is 0.387 e. The molecule has 0 spiro atoms. The molecule has 0 unspecified atom stereocenters. The molecule has 4 N–H and O–H groups in total. The molecule has 1 aromatic heterocycles. The Bertz CT molecular complexity index is 400. The van der Waals surface area contributed by atoms with Crippen LogP contribution >= 0.6 is 0 Å². The highest BCUT2D eigenvalue weighted by molar-refractivity contribution is 6.03. The second-order valence-electron chi connectivity index (χ2n) is 3.99. The zero-order valence-electron chi connectivity index (χ0n) is 8.75. The predicted octanol–water partition coefficient (Wildman–Crippen LogP) is 1.53. The van der Waals surface area contributed by atoms with Crippen molar-refractivity contribution < 1.29 is 0 Å². The van der Waals surface area contributed by atoms with Crippen LogP contribution in [-0.2, 0) is 0 Å². The van der Waals surface area contributed by atoms with Gasteiger partial charge in [-0.15, -0.1) is 0 Å². The van der Waals surface area contributed by atoms with Gasteiger partial charge in [0.2, 0.25) is 0 Å². The highest BCUT2D eigenvalue weighted by atomic mass is 15.2. The summed E-state index contributed by atoms with van der Waals surface area (Å²) in [4.78, 5) is 4.14. The molecular formula is C10H15N5. The lowest BCUT2D eigenvalue weighted by atomic mass is 10.2. The molecule has 2 rings (SSSR count). The third-order valence-electron chi connectivity index (χ3n) is 2.39. The number of hydrogen-bond acceptors (Lipinski definition) is 3. The van der Waals surface area contributed by atoms with Crippen LogP contribution in [0.3, 0.4) is 0 Å². The Hall–Kier alpha value is -1.65. The van der Waals surface area contributed by atoms with Crippen molar-refractivity contribution in [3.8, 4) is 0 Å². The first-order valence-corrected chi connectivity index (χ1v) is 5.07. The maximum absolute atomic E-state index is 7.72. The van der Waals surface area contributed by atoms with E-state index in [0.29, 0.717) is 29.7 Å². The van der Waals surface area contributed by atoms with E-state index in [1.54, 1.807) is 0 Å². The van der Waals surface area contributed by atoms with Crippen molar-refractivity contribution in [2.24, 2.45) is 16.6 Å². The minimum Gasteiger partial charge on any atom is -0.387 e. The van der Waals surface area contributed by atoms with E-state index >= 15 is 0 Å². The van der Waals surface area contributed by atoms with Gasteiger partial charge in [0.05, 0.1) is 0 Å². The number of aryl methyl sites for hydroxylation is 1. The SMILES string of the molecule is Cc1cc(N=C(N)CC(=N)C2CC2)n[nH]1. The zero-order chi connectivity index (χ0) is 10.8. The van der Waals surface area contributed by atoms with Crippen LogP contribution in [0.4, 0.5) is 5.82 Å². The zero-order valence-corrected chi connectivity index (χ0v) is 8.75. The van der Waals surface area contributed by atoms with E-state index in [4.69, 9.17) is 11.1 Å². The summed E-state index contributed by atoms with van der Waals surface area (Å²) in [5.74, 6) is 1.52. The molecule has 0 atom stereocenters. The lowest BCUT2D eigenvalue weighted by Crippen LogP contribution is -2.17. The summed E-state index contributed by atoms with van der Waals surface area (Å²) in [5, 5.41) is 14.5. The molecule has 1 heterocycles. The van der Waals surface area contributed by atoms with E-state index in [1.807, 2.05) is 13.0 Å². The topological polar surface area (TPSA) is 90.9 Å². The van der Waals surface area contributed by atoms with Gasteiger partial charge in [-0.2, -0.15) is 5.10 Å². The lowest BCUT2D eigenvalue weighted by Gasteiger charge is -1.99. The number of nitrogens with zero attached hydrogens (tertiary/aromatic N) is 2. The summed E-state index contributed by atoms with van der Waals surface area (Å²) in [6.45, 7) is 1.91. The number of H-pyrrole nitrogens is 1. The molecule has 0 radical (unpaired) electrons. The molecule has 0 aromatic carbocycles. The van der Waals surface area contributed by atoms with Crippen LogP contribution in [0.2, 0.25) is 0 Å². The Kier molecular flexibility index (Phi) is 2.53. The molecule has 0 amide bonds. The fourth-order valence-electron chi connectivity index (χ4n) is 1.42. The first-order chi connectivity index (χ1) is 7.15. The standard InChI is InChI=1S/C10H15N5/c1-6-4-10(15-14-6)13-9(12)5-8(11)7-2-3-7/h4,7,11H,2-3,5H2,1H3,(H3,12,13,14,15). The number of nitrogens with two attached hydrogens (primary N) is 1. The molecule has 80 valence electrons. The predicted molar refractivity (Wildman–Crippen MR) is 59.7 cm³/mol. The minimum absolute atomic E-state index is 0.458. The number of hydrogen-bond donors (Lipinski definition) is 3. The lowest BCUT2D eigenvalue weighted by molar-refractivity contribution is 1.04. The van der Waals surface area contributed by atoms with Gasteiger partial charge in [0.15, 0.2) is 5.82 Å². The molecule has 1 aromatic rings. The van der Waals surface area contributed by atoms with E-state index in [9.17, 15) is 0 Å². The Morgan fingerprint density at radius 1 is 1.73 bits per heavy atom. The number of nitrogens with one attached hydrogen (secondary N) is 2. The van der Waals surface area contributed by atoms with Crippen LogP contribution in [0.25, 0.3) is 0 Å². The molecule has 15 heavy (non-hydrogen) atoms. The highest BCUT2D eigenvalue weighted by Crippen LogP contribution is 2.31. The molecule has 0 saturated heterocycles. The Morgan fingerprint density at radius 3 is 3.00 bits per heavy atom. The van der Waals surface area contributed by atoms with Crippen LogP contribution in [0.1, 0.15) is 25.0 Å². The van der Waals surface area contributed by atoms with E-state index in [-0.39, 0.29) is 0 Å². The van der Waals surface area contributed by atoms with Gasteiger partial charge in [0.1, 0.15) is 5.84 Å². The van der Waals surface area contributed by atoms with Crippen LogP contribution in [-0.4, -0.2) is 21.7 Å². The van der Waals surface area contributed by atoms with Gasteiger partial charge in [-0.05, 0) is 25.7 Å². The van der Waals surface area contributed by atoms with Gasteiger partial charge in [-0.3, -0.25) is 5.10 Å². The molecule has 1 aliphatic carbocycles. The summed E-state index contributed by atoms with van der Waals surface area (Å²) in [6, 6.07) is 1.83. The summed E-state index contributed by atoms with van der Waals surface area (Å²) >= 11 is 0. The summed E-state index contributed by atoms with van der Waals surface area (Å²) < 4.78 is 0. The third-order valence-corrected chi connectivity index (χ3v) is 2.39. The first kappa shape index (κ1) is 9.89. The molecule has 0 bridgehead atoms. The van der Waals surface area contributed by atoms with Gasteiger partial charge in [0.25, 0.3) is 0 Å². The van der Waals surface area contributed by atoms with Gasteiger partial charge >= 0.3 is 0 Å². The summed E-state index contributed by atoms with van der Waals surface area (Å²) in [7, 11) is 0. The number of aliphatic imine (C=N–C) groups is 1. The first-order valence-electron chi connectivity index (χ1n) is 5.07. The number of amidine groups is 1. The van der Waals surface area contributed by atoms with E-state index in [2.05, 4.69) is 15.2 Å². The van der Waals surface area contributed by atoms with E-state index < -0.39 is 0 Å². The summed E-state index contributed by atoms with van der Waals surface area (Å²) in [6.07, 6.45) is 2.73. The average Bonchev–Trinajstić information content (AvgIpc) is 2.92. The summed E-state index contributed by atoms with van der Waals surface area (Å²) in [5.41, 5.74) is 7.39. The second kappa shape index (κ2) is 3.84. The van der Waals surface area contributed by atoms with Crippen molar-refractivity contribution in [1.82, 2.24) is 10.2 Å². The Morgan fingerprint density at radius 2 is 2.47 bits per heavy atom. The molecule has 1 saturated carbocycles. The normalized spacial score (nSPS) is 16.7. The number of aromatic amines is 1. The van der Waals surface area contributed by atoms with Crippen LogP contribution in [0.15, 0.2) is 11.1 Å². The van der Waals surface area contributed by atoms with Gasteiger partial charge in [-0.25, -0.2) is 4.99 Å². The van der Waals surface area contributed by atoms with Gasteiger partial charge in [-0.1, -0.05) is 0 Å². The van der Waals surface area contributed by atoms with Gasteiger partial charge < -0.3 is 11.1 Å². The minimum atomic E-state index is 0.458. The monoisotopic (exact) mass is 205 g/mol. The van der Waals surface area contributed by atoms with Crippen molar-refractivity contribution in [2.45, 2.75) is 26.2 Å². The smallest absolute Gasteiger partial charge is 0.175 e. The number of aromatic nitrogens is 2. The Labute approximate surface area is 88.3 Å². The Balaban J connectivity index is 1.97. The quantitative estimate of drug-likeness (QED) is 0.513. The second-order valence-corrected chi connectivity index (χ2v) is 3.99. The van der Waals surface area contributed by atoms with Crippen molar-refractivity contribution >= 4 is 17.4 Å². The molecule has 5 heteroatoms. The molecule has 0 aliphatic heterocycles. The maximum Gasteiger partial charge on any atom is 0.175 e. The molecule has 5 nitrogen and oxygen atoms in total. The maximum atomic E-state index is 7.72. The van der Waals surface area contributed by atoms with Crippen molar-refractivity contribution in [3.63, 3.8) is 0 Å². The average molecular weight is 205 g/mol. The van der Waals surface area contributed by atoms with Crippen LogP contribution in [0, 0.1) is 18.3 Å². The van der Waals surface area contributed by atoms with Crippen molar-refractivity contribution in [1.29, 1.82) is 5.41 Å². The third kappa shape index (κ3) is 2.65. The fourth-order valence-corrected chi connectivity index (χ4v) is 1.42. The molecule has 1 aliphatic rings. The molecular weight excluding hydrogens is 190 g/mol. The van der Waals surface area contributed by atoms with E-state index in [0.717, 1.165) is 18.5 Å². The highest BCUT2D eigenvalue weighted by Gasteiger charge is 2.26. The van der Waals surface area contributed by atoms with Crippen molar-refractivity contribution in [2.75, 3.05) is 0 Å². The molecule has 1 fully saturated rings. The number of rotatable bonds is 4. The van der Waals surface area contributed by atoms with Crippen LogP contribution < -0.4 is 5.73 Å².